The van der Waals surface area contributed by atoms with Crippen LogP contribution in [0.2, 0.25) is 0 Å². The second-order valence-electron chi connectivity index (χ2n) is 6.57. The standard InChI is InChI=1S/C18H18F3NO3S/c19-18(20,21)13-8-12(6-7-14(13)23)9-15-16(24)22(17(25)26-15)10-11-4-2-1-3-5-11/h6-9,11,23H,1-5,10H2. The molecule has 140 valence electrons. The zero-order chi connectivity index (χ0) is 18.9. The first-order chi connectivity index (χ1) is 12.3. The number of rotatable bonds is 3. The lowest BCUT2D eigenvalue weighted by Crippen LogP contribution is -2.34. The number of amides is 2. The lowest BCUT2D eigenvalue weighted by molar-refractivity contribution is -0.138. The van der Waals surface area contributed by atoms with Crippen molar-refractivity contribution in [1.29, 1.82) is 0 Å². The molecule has 1 heterocycles. The molecule has 1 saturated carbocycles. The Bertz CT molecular complexity index is 755. The van der Waals surface area contributed by atoms with Crippen molar-refractivity contribution in [2.24, 2.45) is 5.92 Å². The molecular weight excluding hydrogens is 367 g/mol. The summed E-state index contributed by atoms with van der Waals surface area (Å²) in [6, 6.07) is 2.98. The van der Waals surface area contributed by atoms with Crippen LogP contribution in [0.5, 0.6) is 5.75 Å². The van der Waals surface area contributed by atoms with Crippen LogP contribution >= 0.6 is 11.8 Å². The van der Waals surface area contributed by atoms with Gasteiger partial charge < -0.3 is 5.11 Å². The number of aromatic hydroxyl groups is 1. The number of phenols is 1. The highest BCUT2D eigenvalue weighted by Crippen LogP contribution is 2.38. The monoisotopic (exact) mass is 385 g/mol. The molecule has 0 unspecified atom stereocenters. The van der Waals surface area contributed by atoms with Crippen LogP contribution in [0.25, 0.3) is 6.08 Å². The molecule has 0 bridgehead atoms. The Balaban J connectivity index is 1.79. The fourth-order valence-electron chi connectivity index (χ4n) is 3.31. The van der Waals surface area contributed by atoms with Gasteiger partial charge in [0.05, 0.1) is 10.5 Å². The number of hydrogen-bond donors (Lipinski definition) is 1. The molecule has 2 fully saturated rings. The molecule has 2 aliphatic rings. The second-order valence-corrected chi connectivity index (χ2v) is 7.56. The van der Waals surface area contributed by atoms with Crippen LogP contribution in [-0.4, -0.2) is 27.7 Å². The minimum Gasteiger partial charge on any atom is -0.507 e. The Morgan fingerprint density at radius 1 is 1.19 bits per heavy atom. The van der Waals surface area contributed by atoms with E-state index in [-0.39, 0.29) is 15.7 Å². The molecule has 0 atom stereocenters. The summed E-state index contributed by atoms with van der Waals surface area (Å²) in [4.78, 5) is 25.9. The predicted octanol–water partition coefficient (Wildman–Crippen LogP) is 5.03. The number of alkyl halides is 3. The summed E-state index contributed by atoms with van der Waals surface area (Å²) in [6.45, 7) is 0.366. The zero-order valence-corrected chi connectivity index (χ0v) is 14.7. The average molecular weight is 385 g/mol. The largest absolute Gasteiger partial charge is 0.507 e. The maximum Gasteiger partial charge on any atom is 0.419 e. The first kappa shape index (κ1) is 18.8. The van der Waals surface area contributed by atoms with Crippen molar-refractivity contribution in [3.8, 4) is 5.75 Å². The van der Waals surface area contributed by atoms with Crippen molar-refractivity contribution in [2.45, 2.75) is 38.3 Å². The Hall–Kier alpha value is -1.96. The van der Waals surface area contributed by atoms with Crippen LogP contribution < -0.4 is 0 Å². The fourth-order valence-corrected chi connectivity index (χ4v) is 4.16. The summed E-state index contributed by atoms with van der Waals surface area (Å²) in [7, 11) is 0. The lowest BCUT2D eigenvalue weighted by atomic mass is 9.89. The van der Waals surface area contributed by atoms with Gasteiger partial charge in [-0.25, -0.2) is 0 Å². The minimum absolute atomic E-state index is 0.102. The van der Waals surface area contributed by atoms with E-state index in [2.05, 4.69) is 0 Å². The molecule has 26 heavy (non-hydrogen) atoms. The van der Waals surface area contributed by atoms with Crippen LogP contribution in [0.3, 0.4) is 0 Å². The lowest BCUT2D eigenvalue weighted by Gasteiger charge is -2.25. The van der Waals surface area contributed by atoms with Crippen LogP contribution in [0.4, 0.5) is 18.0 Å². The van der Waals surface area contributed by atoms with Gasteiger partial charge in [-0.2, -0.15) is 13.2 Å². The Kier molecular flexibility index (Phi) is 5.32. The van der Waals surface area contributed by atoms with Crippen molar-refractivity contribution in [3.05, 3.63) is 34.2 Å². The van der Waals surface area contributed by atoms with E-state index in [0.717, 1.165) is 49.6 Å². The number of carbonyl (C=O) groups is 2. The predicted molar refractivity (Wildman–Crippen MR) is 92.4 cm³/mol. The maximum atomic E-state index is 12.9. The quantitative estimate of drug-likeness (QED) is 0.742. The molecule has 1 aromatic rings. The maximum absolute atomic E-state index is 12.9. The van der Waals surface area contributed by atoms with Crippen LogP contribution in [0.1, 0.15) is 43.2 Å². The van der Waals surface area contributed by atoms with Gasteiger partial charge in [-0.3, -0.25) is 14.5 Å². The summed E-state index contributed by atoms with van der Waals surface area (Å²) >= 11 is 0.738. The molecule has 2 amide bonds. The van der Waals surface area contributed by atoms with E-state index in [0.29, 0.717) is 12.5 Å². The summed E-state index contributed by atoms with van der Waals surface area (Å²) < 4.78 is 38.7. The molecule has 1 N–H and O–H groups in total. The summed E-state index contributed by atoms with van der Waals surface area (Å²) in [5, 5.41) is 8.99. The van der Waals surface area contributed by atoms with Gasteiger partial charge >= 0.3 is 6.18 Å². The number of benzene rings is 1. The second kappa shape index (κ2) is 7.34. The van der Waals surface area contributed by atoms with Crippen LogP contribution in [0.15, 0.2) is 23.1 Å². The molecule has 0 aromatic heterocycles. The molecule has 8 heteroatoms. The first-order valence-corrected chi connectivity index (χ1v) is 9.23. The number of imide groups is 1. The van der Waals surface area contributed by atoms with Gasteiger partial charge in [-0.1, -0.05) is 25.3 Å². The van der Waals surface area contributed by atoms with E-state index in [1.165, 1.54) is 23.5 Å². The molecule has 4 nitrogen and oxygen atoms in total. The van der Waals surface area contributed by atoms with Gasteiger partial charge in [0, 0.05) is 6.54 Å². The molecule has 1 aromatic carbocycles. The molecule has 1 aliphatic heterocycles. The number of halogens is 3. The van der Waals surface area contributed by atoms with Gasteiger partial charge in [0.15, 0.2) is 0 Å². The van der Waals surface area contributed by atoms with E-state index >= 15 is 0 Å². The molecular formula is C18H18F3NO3S. The summed E-state index contributed by atoms with van der Waals surface area (Å²) in [5.41, 5.74) is -1.06. The average Bonchev–Trinajstić information content (AvgIpc) is 2.84. The van der Waals surface area contributed by atoms with Gasteiger partial charge in [-0.15, -0.1) is 0 Å². The van der Waals surface area contributed by atoms with E-state index in [1.807, 2.05) is 0 Å². The topological polar surface area (TPSA) is 57.6 Å². The minimum atomic E-state index is -4.70. The highest BCUT2D eigenvalue weighted by Gasteiger charge is 2.37. The highest BCUT2D eigenvalue weighted by molar-refractivity contribution is 8.18. The fraction of sp³-hybridized carbons (Fsp3) is 0.444. The highest BCUT2D eigenvalue weighted by atomic mass is 32.2. The Labute approximate surface area is 153 Å². The van der Waals surface area contributed by atoms with E-state index < -0.39 is 23.4 Å². The molecule has 1 saturated heterocycles. The summed E-state index contributed by atoms with van der Waals surface area (Å²) in [6.07, 6.45) is 1.87. The Morgan fingerprint density at radius 3 is 2.54 bits per heavy atom. The number of phenolic OH excluding ortho intramolecular Hbond substituents is 1. The molecule has 0 spiro atoms. The first-order valence-electron chi connectivity index (χ1n) is 8.41. The smallest absolute Gasteiger partial charge is 0.419 e. The van der Waals surface area contributed by atoms with Gasteiger partial charge in [0.25, 0.3) is 11.1 Å². The molecule has 0 radical (unpaired) electrons. The van der Waals surface area contributed by atoms with E-state index in [4.69, 9.17) is 0 Å². The van der Waals surface area contributed by atoms with Crippen molar-refractivity contribution in [3.63, 3.8) is 0 Å². The molecule has 3 rings (SSSR count). The van der Waals surface area contributed by atoms with Crippen LogP contribution in [0, 0.1) is 5.92 Å². The third kappa shape index (κ3) is 4.06. The molecule has 1 aliphatic carbocycles. The number of thioether (sulfide) groups is 1. The van der Waals surface area contributed by atoms with Crippen molar-refractivity contribution in [2.75, 3.05) is 6.54 Å². The van der Waals surface area contributed by atoms with Gasteiger partial charge in [0.2, 0.25) is 0 Å². The SMILES string of the molecule is O=C1SC(=Cc2ccc(O)c(C(F)(F)F)c2)C(=O)N1CC1CCCCC1. The third-order valence-corrected chi connectivity index (χ3v) is 5.57. The third-order valence-electron chi connectivity index (χ3n) is 4.66. The number of nitrogens with zero attached hydrogens (tertiary/aromatic N) is 1. The summed E-state index contributed by atoms with van der Waals surface area (Å²) in [5.74, 6) is -1.05. The van der Waals surface area contributed by atoms with Gasteiger partial charge in [0.1, 0.15) is 5.75 Å². The van der Waals surface area contributed by atoms with Crippen molar-refractivity contribution in [1.82, 2.24) is 4.90 Å². The van der Waals surface area contributed by atoms with E-state index in [9.17, 15) is 27.9 Å². The number of hydrogen-bond acceptors (Lipinski definition) is 4. The van der Waals surface area contributed by atoms with Crippen LogP contribution in [-0.2, 0) is 11.0 Å². The van der Waals surface area contributed by atoms with E-state index in [1.54, 1.807) is 0 Å². The zero-order valence-electron chi connectivity index (χ0n) is 13.9. The Morgan fingerprint density at radius 2 is 1.88 bits per heavy atom. The normalized spacial score (nSPS) is 21.0. The van der Waals surface area contributed by atoms with Gasteiger partial charge in [-0.05, 0) is 54.3 Å². The van der Waals surface area contributed by atoms with Crippen molar-refractivity contribution < 1.29 is 27.9 Å². The van der Waals surface area contributed by atoms with Crippen molar-refractivity contribution >= 4 is 29.0 Å². The number of carbonyl (C=O) groups excluding carboxylic acids is 2.